The molecule has 2 aliphatic carbocycles. The van der Waals surface area contributed by atoms with Crippen molar-refractivity contribution in [1.29, 1.82) is 0 Å². The summed E-state index contributed by atoms with van der Waals surface area (Å²) in [5, 5.41) is 3.47. The highest BCUT2D eigenvalue weighted by Crippen LogP contribution is 2.55. The number of halogens is 2. The molecule has 3 heteroatoms. The van der Waals surface area contributed by atoms with Crippen molar-refractivity contribution in [3.63, 3.8) is 0 Å². The molecule has 1 aromatic rings. The third-order valence-electron chi connectivity index (χ3n) is 4.76. The molecule has 2 saturated carbocycles. The van der Waals surface area contributed by atoms with E-state index in [1.165, 1.54) is 37.5 Å². The lowest BCUT2D eigenvalue weighted by Gasteiger charge is -2.26. The van der Waals surface area contributed by atoms with Crippen LogP contribution >= 0.6 is 0 Å². The maximum atomic E-state index is 13.7. The van der Waals surface area contributed by atoms with Crippen LogP contribution in [-0.4, -0.2) is 12.6 Å². The monoisotopic (exact) mass is 265 g/mol. The fourth-order valence-corrected chi connectivity index (χ4v) is 3.69. The lowest BCUT2D eigenvalue weighted by atomic mass is 9.89. The van der Waals surface area contributed by atoms with Gasteiger partial charge in [0.25, 0.3) is 0 Å². The summed E-state index contributed by atoms with van der Waals surface area (Å²) in [6.07, 6.45) is 4.52. The molecule has 0 heterocycles. The Balaban J connectivity index is 1.71. The molecule has 2 aliphatic rings. The highest BCUT2D eigenvalue weighted by atomic mass is 19.1. The summed E-state index contributed by atoms with van der Waals surface area (Å²) in [6, 6.07) is 4.05. The Bertz CT molecular complexity index is 450. The highest BCUT2D eigenvalue weighted by molar-refractivity contribution is 5.20. The predicted octanol–water partition coefficient (Wildman–Crippen LogP) is 3.53. The van der Waals surface area contributed by atoms with E-state index in [1.807, 2.05) is 0 Å². The van der Waals surface area contributed by atoms with Crippen LogP contribution < -0.4 is 5.32 Å². The van der Waals surface area contributed by atoms with E-state index in [9.17, 15) is 8.78 Å². The third-order valence-corrected chi connectivity index (χ3v) is 4.76. The molecular weight excluding hydrogens is 244 g/mol. The van der Waals surface area contributed by atoms with Crippen molar-refractivity contribution in [2.75, 3.05) is 6.54 Å². The van der Waals surface area contributed by atoms with E-state index in [-0.39, 0.29) is 17.7 Å². The van der Waals surface area contributed by atoms with E-state index in [0.29, 0.717) is 17.9 Å². The Morgan fingerprint density at radius 1 is 1.21 bits per heavy atom. The first-order valence-corrected chi connectivity index (χ1v) is 7.34. The van der Waals surface area contributed by atoms with Crippen LogP contribution in [0, 0.1) is 29.4 Å². The zero-order valence-electron chi connectivity index (χ0n) is 11.3. The quantitative estimate of drug-likeness (QED) is 0.858. The topological polar surface area (TPSA) is 12.0 Å². The van der Waals surface area contributed by atoms with Crippen molar-refractivity contribution in [2.45, 2.75) is 38.6 Å². The minimum absolute atomic E-state index is 0.285. The molecule has 0 radical (unpaired) electrons. The molecule has 2 fully saturated rings. The predicted molar refractivity (Wildman–Crippen MR) is 71.8 cm³/mol. The Labute approximate surface area is 113 Å². The van der Waals surface area contributed by atoms with Gasteiger partial charge in [0.1, 0.15) is 11.6 Å². The number of fused-ring (bicyclic) bond motifs is 1. The van der Waals surface area contributed by atoms with E-state index < -0.39 is 0 Å². The van der Waals surface area contributed by atoms with Crippen LogP contribution in [0.4, 0.5) is 8.78 Å². The van der Waals surface area contributed by atoms with Crippen molar-refractivity contribution < 1.29 is 8.78 Å². The third kappa shape index (κ3) is 2.81. The normalized spacial score (nSPS) is 30.2. The molecule has 0 spiro atoms. The summed E-state index contributed by atoms with van der Waals surface area (Å²) < 4.78 is 27.0. The molecule has 0 aromatic heterocycles. The zero-order valence-corrected chi connectivity index (χ0v) is 11.3. The molecule has 0 bridgehead atoms. The van der Waals surface area contributed by atoms with Gasteiger partial charge in [-0.1, -0.05) is 6.92 Å². The molecule has 3 unspecified atom stereocenters. The van der Waals surface area contributed by atoms with Gasteiger partial charge in [-0.2, -0.15) is 0 Å². The minimum Gasteiger partial charge on any atom is -0.314 e. The minimum atomic E-state index is -0.346. The molecule has 0 aliphatic heterocycles. The number of likely N-dealkylation sites (N-methyl/N-ethyl adjacent to an activating group) is 1. The Hall–Kier alpha value is -0.960. The first-order valence-electron chi connectivity index (χ1n) is 7.34. The van der Waals surface area contributed by atoms with Crippen LogP contribution in [0.2, 0.25) is 0 Å². The van der Waals surface area contributed by atoms with Gasteiger partial charge in [-0.05, 0) is 73.7 Å². The highest BCUT2D eigenvalue weighted by Gasteiger charge is 2.47. The van der Waals surface area contributed by atoms with Crippen LogP contribution in [0.5, 0.6) is 0 Å². The second-order valence-electron chi connectivity index (χ2n) is 6.09. The summed E-state index contributed by atoms with van der Waals surface area (Å²) in [5.74, 6) is 1.84. The summed E-state index contributed by atoms with van der Waals surface area (Å²) >= 11 is 0. The van der Waals surface area contributed by atoms with Gasteiger partial charge in [0.15, 0.2) is 0 Å². The molecule has 19 heavy (non-hydrogen) atoms. The van der Waals surface area contributed by atoms with Crippen LogP contribution in [0.3, 0.4) is 0 Å². The van der Waals surface area contributed by atoms with E-state index >= 15 is 0 Å². The van der Waals surface area contributed by atoms with E-state index in [1.54, 1.807) is 0 Å². The molecular formula is C16H21F2N. The Morgan fingerprint density at radius 2 is 1.95 bits per heavy atom. The van der Waals surface area contributed by atoms with Crippen molar-refractivity contribution in [1.82, 2.24) is 5.32 Å². The van der Waals surface area contributed by atoms with Crippen molar-refractivity contribution >= 4 is 0 Å². The zero-order chi connectivity index (χ0) is 13.4. The van der Waals surface area contributed by atoms with E-state index in [2.05, 4.69) is 12.2 Å². The molecule has 3 atom stereocenters. The molecule has 0 saturated heterocycles. The van der Waals surface area contributed by atoms with Crippen molar-refractivity contribution in [2.24, 2.45) is 17.8 Å². The SMILES string of the molecule is CCNC(Cc1cc(F)ccc1F)C1CC2CC2C1. The fourth-order valence-electron chi connectivity index (χ4n) is 3.69. The van der Waals surface area contributed by atoms with Crippen LogP contribution in [-0.2, 0) is 6.42 Å². The summed E-state index contributed by atoms with van der Waals surface area (Å²) in [4.78, 5) is 0. The molecule has 0 amide bonds. The molecule has 1 nitrogen and oxygen atoms in total. The summed E-state index contributed by atoms with van der Waals surface area (Å²) in [6.45, 7) is 2.96. The Morgan fingerprint density at radius 3 is 2.63 bits per heavy atom. The number of rotatable bonds is 5. The standard InChI is InChI=1S/C16H21F2N/c1-2-19-16(13-6-10-5-11(10)7-13)9-12-8-14(17)3-4-15(12)18/h3-4,8,10-11,13,16,19H,2,5-7,9H2,1H3. The van der Waals surface area contributed by atoms with E-state index in [0.717, 1.165) is 18.4 Å². The summed E-state index contributed by atoms with van der Waals surface area (Å²) in [7, 11) is 0. The molecule has 1 N–H and O–H groups in total. The maximum Gasteiger partial charge on any atom is 0.126 e. The first-order chi connectivity index (χ1) is 9.17. The van der Waals surface area contributed by atoms with Gasteiger partial charge >= 0.3 is 0 Å². The second kappa shape index (κ2) is 5.20. The van der Waals surface area contributed by atoms with E-state index in [4.69, 9.17) is 0 Å². The number of benzene rings is 1. The fraction of sp³-hybridized carbons (Fsp3) is 0.625. The summed E-state index contributed by atoms with van der Waals surface area (Å²) in [5.41, 5.74) is 0.506. The molecule has 3 rings (SSSR count). The number of nitrogens with one attached hydrogen (secondary N) is 1. The smallest absolute Gasteiger partial charge is 0.126 e. The number of hydrogen-bond donors (Lipinski definition) is 1. The van der Waals surface area contributed by atoms with Gasteiger partial charge in [0.05, 0.1) is 0 Å². The number of hydrogen-bond acceptors (Lipinski definition) is 1. The molecule has 1 aromatic carbocycles. The van der Waals surface area contributed by atoms with Gasteiger partial charge < -0.3 is 5.32 Å². The maximum absolute atomic E-state index is 13.7. The van der Waals surface area contributed by atoms with Gasteiger partial charge in [0, 0.05) is 6.04 Å². The van der Waals surface area contributed by atoms with Gasteiger partial charge in [-0.15, -0.1) is 0 Å². The largest absolute Gasteiger partial charge is 0.314 e. The van der Waals surface area contributed by atoms with Crippen LogP contribution in [0.25, 0.3) is 0 Å². The second-order valence-corrected chi connectivity index (χ2v) is 6.09. The average molecular weight is 265 g/mol. The lowest BCUT2D eigenvalue weighted by Crippen LogP contribution is -2.37. The molecule has 104 valence electrons. The Kier molecular flexibility index (Phi) is 3.57. The van der Waals surface area contributed by atoms with Crippen molar-refractivity contribution in [3.8, 4) is 0 Å². The van der Waals surface area contributed by atoms with Gasteiger partial charge in [-0.25, -0.2) is 8.78 Å². The van der Waals surface area contributed by atoms with Crippen LogP contribution in [0.1, 0.15) is 31.7 Å². The van der Waals surface area contributed by atoms with Crippen LogP contribution in [0.15, 0.2) is 18.2 Å². The van der Waals surface area contributed by atoms with Crippen molar-refractivity contribution in [3.05, 3.63) is 35.4 Å². The lowest BCUT2D eigenvalue weighted by molar-refractivity contribution is 0.334. The van der Waals surface area contributed by atoms with Gasteiger partial charge in [-0.3, -0.25) is 0 Å². The first kappa shape index (κ1) is 13.0. The average Bonchev–Trinajstić information content (AvgIpc) is 3.00. The van der Waals surface area contributed by atoms with Gasteiger partial charge in [0.2, 0.25) is 0 Å².